The molecule has 4 rings (SSSR count). The van der Waals surface area contributed by atoms with Crippen molar-refractivity contribution < 1.29 is 27.5 Å². The molecule has 0 saturated carbocycles. The number of anilines is 1. The summed E-state index contributed by atoms with van der Waals surface area (Å²) in [6.07, 6.45) is -1.88. The van der Waals surface area contributed by atoms with E-state index in [-0.39, 0.29) is 38.1 Å². The van der Waals surface area contributed by atoms with E-state index in [0.717, 1.165) is 22.9 Å². The van der Waals surface area contributed by atoms with Crippen LogP contribution in [0.5, 0.6) is 0 Å². The molecule has 3 aliphatic heterocycles. The summed E-state index contributed by atoms with van der Waals surface area (Å²) in [7, 11) is 0. The van der Waals surface area contributed by atoms with Crippen molar-refractivity contribution in [2.24, 2.45) is 5.92 Å². The Balaban J connectivity index is 1.21. The monoisotopic (exact) mass is 550 g/mol. The number of nitrogens with one attached hydrogen (secondary N) is 3. The van der Waals surface area contributed by atoms with Gasteiger partial charge in [-0.1, -0.05) is 11.6 Å². The second kappa shape index (κ2) is 11.7. The molecule has 1 aromatic heterocycles. The molecule has 3 N–H and O–H groups in total. The van der Waals surface area contributed by atoms with E-state index in [1.807, 2.05) is 16.4 Å². The van der Waals surface area contributed by atoms with Gasteiger partial charge in [0, 0.05) is 56.3 Å². The second-order valence-corrected chi connectivity index (χ2v) is 10.8. The van der Waals surface area contributed by atoms with Crippen molar-refractivity contribution in [3.63, 3.8) is 0 Å². The number of rotatable bonds is 7. The van der Waals surface area contributed by atoms with Crippen LogP contribution in [0.2, 0.25) is 5.02 Å². The van der Waals surface area contributed by atoms with E-state index in [0.29, 0.717) is 24.7 Å². The highest BCUT2D eigenvalue weighted by atomic mass is 35.5. The lowest BCUT2D eigenvalue weighted by Crippen LogP contribution is -2.64. The van der Waals surface area contributed by atoms with Crippen LogP contribution >= 0.6 is 23.4 Å². The Bertz CT molecular complexity index is 958. The zero-order valence-electron chi connectivity index (χ0n) is 19.8. The molecular weight excluding hydrogens is 521 g/mol. The van der Waals surface area contributed by atoms with Crippen molar-refractivity contribution in [1.82, 2.24) is 26.1 Å². The first-order valence-corrected chi connectivity index (χ1v) is 13.3. The van der Waals surface area contributed by atoms with E-state index in [4.69, 9.17) is 16.3 Å². The van der Waals surface area contributed by atoms with Crippen LogP contribution in [0.3, 0.4) is 0 Å². The van der Waals surface area contributed by atoms with Crippen molar-refractivity contribution in [2.75, 3.05) is 50.0 Å². The number of piperazine rings is 1. The predicted molar refractivity (Wildman–Crippen MR) is 130 cm³/mol. The average Bonchev–Trinajstić information content (AvgIpc) is 2.99. The van der Waals surface area contributed by atoms with Crippen molar-refractivity contribution in [3.8, 4) is 0 Å². The molecule has 0 aromatic carbocycles. The minimum absolute atomic E-state index is 0.0123. The summed E-state index contributed by atoms with van der Waals surface area (Å²) in [4.78, 5) is 34.2. The predicted octanol–water partition coefficient (Wildman–Crippen LogP) is 1.81. The van der Waals surface area contributed by atoms with Gasteiger partial charge in [-0.15, -0.1) is 11.8 Å². The van der Waals surface area contributed by atoms with Crippen molar-refractivity contribution >= 4 is 41.0 Å². The van der Waals surface area contributed by atoms with Crippen LogP contribution in [0.4, 0.5) is 19.0 Å². The van der Waals surface area contributed by atoms with Gasteiger partial charge < -0.3 is 19.9 Å². The molecule has 2 unspecified atom stereocenters. The van der Waals surface area contributed by atoms with E-state index in [9.17, 15) is 22.8 Å². The third-order valence-electron chi connectivity index (χ3n) is 6.51. The Morgan fingerprint density at radius 2 is 2.22 bits per heavy atom. The summed E-state index contributed by atoms with van der Waals surface area (Å²) in [6.45, 7) is 3.79. The van der Waals surface area contributed by atoms with Gasteiger partial charge in [0.05, 0.1) is 29.6 Å². The Morgan fingerprint density at radius 1 is 1.42 bits per heavy atom. The van der Waals surface area contributed by atoms with Crippen LogP contribution in [0, 0.1) is 5.92 Å². The maximum absolute atomic E-state index is 13.3. The summed E-state index contributed by atoms with van der Waals surface area (Å²) in [5.74, 6) is -1.42. The van der Waals surface area contributed by atoms with Gasteiger partial charge in [0.2, 0.25) is 11.8 Å². The van der Waals surface area contributed by atoms with E-state index in [1.165, 1.54) is 0 Å². The number of carbonyl (C=O) groups excluding carboxylic acids is 2. The molecule has 2 fully saturated rings. The molecule has 9 nitrogen and oxygen atoms in total. The summed E-state index contributed by atoms with van der Waals surface area (Å²) < 4.78 is 45.4. The minimum atomic E-state index is -4.65. The van der Waals surface area contributed by atoms with Crippen LogP contribution in [0.1, 0.15) is 19.8 Å². The van der Waals surface area contributed by atoms with E-state index >= 15 is 0 Å². The van der Waals surface area contributed by atoms with Crippen molar-refractivity contribution in [1.29, 1.82) is 0 Å². The standard InChI is InChI=1S/C22H30ClF3N6O3S/c1-13(29-16-10-28-30-21(34)19(16)22(24,25)26)12-35-6-2-18(33)31-4-5-32-15(11-31)3-7-36-17-8-14(23)9-27-20(17)32/h8-9,13,15-16,19,28-29H,2-7,10-12H2,1H3,(H,30,34)/t13-,15+,16?,19?/m0/s1. The van der Waals surface area contributed by atoms with Gasteiger partial charge >= 0.3 is 6.18 Å². The molecule has 36 heavy (non-hydrogen) atoms. The molecule has 14 heteroatoms. The molecule has 0 radical (unpaired) electrons. The molecule has 4 heterocycles. The Hall–Kier alpha value is -1.80. The molecule has 200 valence electrons. The molecule has 0 bridgehead atoms. The highest BCUT2D eigenvalue weighted by molar-refractivity contribution is 7.99. The highest BCUT2D eigenvalue weighted by Crippen LogP contribution is 2.37. The van der Waals surface area contributed by atoms with Gasteiger partial charge in [-0.25, -0.2) is 10.4 Å². The Labute approximate surface area is 216 Å². The molecule has 2 amide bonds. The molecule has 0 spiro atoms. The number of nitrogens with zero attached hydrogens (tertiary/aromatic N) is 3. The fraction of sp³-hybridized carbons (Fsp3) is 0.682. The largest absolute Gasteiger partial charge is 0.402 e. The van der Waals surface area contributed by atoms with E-state index < -0.39 is 30.1 Å². The summed E-state index contributed by atoms with van der Waals surface area (Å²) in [5.41, 5.74) is 4.51. The molecular formula is C22H30ClF3N6O3S. The van der Waals surface area contributed by atoms with Crippen molar-refractivity contribution in [3.05, 3.63) is 17.3 Å². The number of ether oxygens (including phenoxy) is 1. The Kier molecular flexibility index (Phi) is 8.87. The maximum Gasteiger partial charge on any atom is 0.402 e. The molecule has 0 aliphatic carbocycles. The summed E-state index contributed by atoms with van der Waals surface area (Å²) in [5, 5.41) is 3.43. The normalized spacial score (nSPS) is 25.5. The second-order valence-electron chi connectivity index (χ2n) is 9.19. The minimum Gasteiger partial charge on any atom is -0.379 e. The van der Waals surface area contributed by atoms with Crippen LogP contribution in [-0.2, 0) is 14.3 Å². The first kappa shape index (κ1) is 27.2. The van der Waals surface area contributed by atoms with Gasteiger partial charge in [0.25, 0.3) is 0 Å². The number of alkyl halides is 3. The quantitative estimate of drug-likeness (QED) is 0.442. The lowest BCUT2D eigenvalue weighted by Gasteiger charge is -2.41. The number of hydrogen-bond acceptors (Lipinski definition) is 8. The number of aromatic nitrogens is 1. The topological polar surface area (TPSA) is 98.8 Å². The zero-order valence-corrected chi connectivity index (χ0v) is 21.4. The first-order valence-electron chi connectivity index (χ1n) is 11.9. The number of amides is 2. The third-order valence-corrected chi connectivity index (χ3v) is 7.77. The van der Waals surface area contributed by atoms with Gasteiger partial charge in [-0.2, -0.15) is 13.2 Å². The zero-order chi connectivity index (χ0) is 25.9. The molecule has 2 saturated heterocycles. The Morgan fingerprint density at radius 3 is 3.00 bits per heavy atom. The van der Waals surface area contributed by atoms with E-state index in [1.54, 1.807) is 24.9 Å². The number of carbonyl (C=O) groups is 2. The summed E-state index contributed by atoms with van der Waals surface area (Å²) in [6, 6.07) is 0.572. The van der Waals surface area contributed by atoms with Gasteiger partial charge in [-0.05, 0) is 19.4 Å². The lowest BCUT2D eigenvalue weighted by molar-refractivity contribution is -0.193. The van der Waals surface area contributed by atoms with Gasteiger partial charge in [0.15, 0.2) is 5.92 Å². The van der Waals surface area contributed by atoms with Crippen LogP contribution in [0.25, 0.3) is 0 Å². The van der Waals surface area contributed by atoms with Gasteiger partial charge in [0.1, 0.15) is 5.82 Å². The third kappa shape index (κ3) is 6.55. The first-order chi connectivity index (χ1) is 17.1. The number of hydrazine groups is 1. The van der Waals surface area contributed by atoms with Crippen LogP contribution in [0.15, 0.2) is 17.2 Å². The number of fused-ring (bicyclic) bond motifs is 3. The summed E-state index contributed by atoms with van der Waals surface area (Å²) >= 11 is 7.83. The number of thioether (sulfide) groups is 1. The lowest BCUT2D eigenvalue weighted by atomic mass is 9.96. The number of halogens is 4. The smallest absolute Gasteiger partial charge is 0.379 e. The number of pyridine rings is 1. The fourth-order valence-corrected chi connectivity index (χ4v) is 6.14. The van der Waals surface area contributed by atoms with E-state index in [2.05, 4.69) is 20.6 Å². The SMILES string of the molecule is C[C@@H](COCCC(=O)N1CCN2c3ncc(Cl)cc3SCC[C@@H]2C1)NC1CNNC(=O)C1C(F)(F)F. The molecule has 1 aromatic rings. The van der Waals surface area contributed by atoms with Gasteiger partial charge in [-0.3, -0.25) is 15.0 Å². The van der Waals surface area contributed by atoms with Crippen LogP contribution in [-0.4, -0.2) is 91.1 Å². The molecule has 4 atom stereocenters. The van der Waals surface area contributed by atoms with Crippen LogP contribution < -0.4 is 21.1 Å². The molecule has 3 aliphatic rings. The number of hydrogen-bond donors (Lipinski definition) is 3. The fourth-order valence-electron chi connectivity index (χ4n) is 4.80. The average molecular weight is 551 g/mol. The maximum atomic E-state index is 13.3. The highest BCUT2D eigenvalue weighted by Gasteiger charge is 2.51. The van der Waals surface area contributed by atoms with Crippen molar-refractivity contribution in [2.45, 2.75) is 49.0 Å².